The summed E-state index contributed by atoms with van der Waals surface area (Å²) in [5, 5.41) is 0. The highest BCUT2D eigenvalue weighted by Gasteiger charge is 2.09. The Morgan fingerprint density at radius 2 is 1.33 bits per heavy atom. The lowest BCUT2D eigenvalue weighted by atomic mass is 10.0. The maximum atomic E-state index is 5.85. The summed E-state index contributed by atoms with van der Waals surface area (Å²) in [5.74, 6) is 1.32. The first-order chi connectivity index (χ1) is 14.8. The van der Waals surface area contributed by atoms with E-state index in [1.165, 1.54) is 28.2 Å². The van der Waals surface area contributed by atoms with E-state index in [-0.39, 0.29) is 0 Å². The topological polar surface area (TPSA) is 35.0 Å². The van der Waals surface area contributed by atoms with Crippen LogP contribution in [0.25, 0.3) is 32.8 Å². The van der Waals surface area contributed by atoms with Crippen LogP contribution >= 0.6 is 11.5 Å². The zero-order valence-electron chi connectivity index (χ0n) is 16.1. The number of rotatable bonds is 5. The summed E-state index contributed by atoms with van der Waals surface area (Å²) in [5.41, 5.74) is 5.56. The maximum Gasteiger partial charge on any atom is 0.219 e. The van der Waals surface area contributed by atoms with Crippen LogP contribution in [0.5, 0.6) is 11.6 Å². The van der Waals surface area contributed by atoms with Gasteiger partial charge in [0, 0.05) is 17.8 Å². The Balaban J connectivity index is 1.37. The highest BCUT2D eigenvalue weighted by Crippen LogP contribution is 2.33. The lowest BCUT2D eigenvalue weighted by molar-refractivity contribution is 0.463. The van der Waals surface area contributed by atoms with E-state index in [0.29, 0.717) is 5.88 Å². The second kappa shape index (κ2) is 8.31. The molecular weight excluding hydrogens is 388 g/mol. The van der Waals surface area contributed by atoms with Gasteiger partial charge in [-0.05, 0) is 52.5 Å². The molecule has 0 saturated carbocycles. The lowest BCUT2D eigenvalue weighted by Crippen LogP contribution is -1.87. The second-order valence-corrected chi connectivity index (χ2v) is 7.62. The third-order valence-corrected chi connectivity index (χ3v) is 5.61. The van der Waals surface area contributed by atoms with Gasteiger partial charge in [-0.1, -0.05) is 72.8 Å². The Morgan fingerprint density at radius 1 is 0.600 bits per heavy atom. The van der Waals surface area contributed by atoms with Gasteiger partial charge in [0.2, 0.25) is 5.88 Å². The third-order valence-electron chi connectivity index (χ3n) is 4.78. The van der Waals surface area contributed by atoms with E-state index in [2.05, 4.69) is 64.0 Å². The Bertz CT molecular complexity index is 1250. The number of pyridine rings is 1. The predicted molar refractivity (Wildman–Crippen MR) is 123 cm³/mol. The SMILES string of the molecule is c1ccc(-c2ccc(-c3cc(-c4cccc(Oc5ccccn5)c4)ns3)cc2)cc1. The molecule has 3 nitrogen and oxygen atoms in total. The molecular formula is C26H18N2OS. The van der Waals surface area contributed by atoms with Crippen molar-refractivity contribution in [3.8, 4) is 44.5 Å². The van der Waals surface area contributed by atoms with E-state index in [9.17, 15) is 0 Å². The summed E-state index contributed by atoms with van der Waals surface area (Å²) in [4.78, 5) is 5.35. The van der Waals surface area contributed by atoms with E-state index in [4.69, 9.17) is 4.74 Å². The minimum absolute atomic E-state index is 0.576. The van der Waals surface area contributed by atoms with Crippen molar-refractivity contribution in [1.82, 2.24) is 9.36 Å². The quantitative estimate of drug-likeness (QED) is 0.306. The molecule has 5 aromatic rings. The van der Waals surface area contributed by atoms with E-state index in [0.717, 1.165) is 21.9 Å². The molecule has 0 N–H and O–H groups in total. The molecule has 0 aliphatic carbocycles. The highest BCUT2D eigenvalue weighted by molar-refractivity contribution is 7.09. The zero-order chi connectivity index (χ0) is 20.2. The fourth-order valence-electron chi connectivity index (χ4n) is 3.25. The molecule has 30 heavy (non-hydrogen) atoms. The molecule has 144 valence electrons. The van der Waals surface area contributed by atoms with Crippen LogP contribution in [-0.2, 0) is 0 Å². The molecule has 2 heterocycles. The minimum Gasteiger partial charge on any atom is -0.439 e. The average Bonchev–Trinajstić information content (AvgIpc) is 3.31. The third kappa shape index (κ3) is 4.00. The molecule has 0 radical (unpaired) electrons. The maximum absolute atomic E-state index is 5.85. The van der Waals surface area contributed by atoms with Gasteiger partial charge in [0.25, 0.3) is 0 Å². The molecule has 0 atom stereocenters. The van der Waals surface area contributed by atoms with Gasteiger partial charge in [0.05, 0.1) is 10.6 Å². The normalized spacial score (nSPS) is 10.7. The number of aromatic nitrogens is 2. The lowest BCUT2D eigenvalue weighted by Gasteiger charge is -2.05. The standard InChI is InChI=1S/C26H18N2OS/c1-2-7-19(8-3-1)20-12-14-21(15-13-20)25-18-24(28-30-25)22-9-6-10-23(17-22)29-26-11-4-5-16-27-26/h1-18H. The van der Waals surface area contributed by atoms with Crippen LogP contribution in [0.15, 0.2) is 109 Å². The van der Waals surface area contributed by atoms with Crippen molar-refractivity contribution in [2.75, 3.05) is 0 Å². The summed E-state index contributed by atoms with van der Waals surface area (Å²) < 4.78 is 10.5. The monoisotopic (exact) mass is 406 g/mol. The summed E-state index contributed by atoms with van der Waals surface area (Å²) in [7, 11) is 0. The molecule has 0 aliphatic heterocycles. The molecule has 0 aliphatic rings. The first-order valence-electron chi connectivity index (χ1n) is 9.67. The van der Waals surface area contributed by atoms with E-state index < -0.39 is 0 Å². The van der Waals surface area contributed by atoms with Crippen LogP contribution in [0.3, 0.4) is 0 Å². The summed E-state index contributed by atoms with van der Waals surface area (Å²) in [6.07, 6.45) is 1.72. The minimum atomic E-state index is 0.576. The van der Waals surface area contributed by atoms with Crippen LogP contribution in [0.2, 0.25) is 0 Å². The molecule has 4 heteroatoms. The van der Waals surface area contributed by atoms with Crippen LogP contribution in [0.1, 0.15) is 0 Å². The van der Waals surface area contributed by atoms with Crippen LogP contribution < -0.4 is 4.74 Å². The Kier molecular flexibility index (Phi) is 5.06. The molecule has 0 unspecified atom stereocenters. The van der Waals surface area contributed by atoms with Crippen molar-refractivity contribution >= 4 is 11.5 Å². The fraction of sp³-hybridized carbons (Fsp3) is 0. The zero-order valence-corrected chi connectivity index (χ0v) is 16.9. The number of hydrogen-bond donors (Lipinski definition) is 0. The number of benzene rings is 3. The molecule has 0 spiro atoms. The van der Waals surface area contributed by atoms with Gasteiger partial charge >= 0.3 is 0 Å². The molecule has 0 bridgehead atoms. The van der Waals surface area contributed by atoms with Gasteiger partial charge in [-0.2, -0.15) is 4.37 Å². The highest BCUT2D eigenvalue weighted by atomic mass is 32.1. The Hall–Kier alpha value is -3.76. The van der Waals surface area contributed by atoms with Crippen LogP contribution in [0.4, 0.5) is 0 Å². The molecule has 0 fully saturated rings. The first-order valence-corrected chi connectivity index (χ1v) is 10.4. The van der Waals surface area contributed by atoms with Gasteiger partial charge in [-0.25, -0.2) is 4.98 Å². The van der Waals surface area contributed by atoms with Crippen molar-refractivity contribution in [1.29, 1.82) is 0 Å². The van der Waals surface area contributed by atoms with Gasteiger partial charge in [-0.15, -0.1) is 0 Å². The number of hydrogen-bond acceptors (Lipinski definition) is 4. The molecule has 2 aromatic heterocycles. The Morgan fingerprint density at radius 3 is 2.13 bits per heavy atom. The van der Waals surface area contributed by atoms with Crippen molar-refractivity contribution in [2.24, 2.45) is 0 Å². The van der Waals surface area contributed by atoms with Crippen molar-refractivity contribution in [3.05, 3.63) is 109 Å². The van der Waals surface area contributed by atoms with Gasteiger partial charge in [0.1, 0.15) is 5.75 Å². The second-order valence-electron chi connectivity index (χ2n) is 6.82. The van der Waals surface area contributed by atoms with Crippen molar-refractivity contribution in [3.63, 3.8) is 0 Å². The number of nitrogens with zero attached hydrogens (tertiary/aromatic N) is 2. The molecule has 3 aromatic carbocycles. The molecule has 0 amide bonds. The van der Waals surface area contributed by atoms with Crippen molar-refractivity contribution in [2.45, 2.75) is 0 Å². The van der Waals surface area contributed by atoms with Gasteiger partial charge in [0.15, 0.2) is 0 Å². The fourth-order valence-corrected chi connectivity index (χ4v) is 4.01. The Labute approximate surface area is 179 Å². The summed E-state index contributed by atoms with van der Waals surface area (Å²) in [6.45, 7) is 0. The van der Waals surface area contributed by atoms with E-state index in [1.54, 1.807) is 6.20 Å². The van der Waals surface area contributed by atoms with Crippen LogP contribution in [-0.4, -0.2) is 9.36 Å². The molecule has 5 rings (SSSR count). The molecule has 0 saturated heterocycles. The predicted octanol–water partition coefficient (Wildman–Crippen LogP) is 7.33. The smallest absolute Gasteiger partial charge is 0.219 e. The first kappa shape index (κ1) is 18.3. The van der Waals surface area contributed by atoms with E-state index >= 15 is 0 Å². The van der Waals surface area contributed by atoms with Gasteiger partial charge < -0.3 is 4.74 Å². The van der Waals surface area contributed by atoms with Crippen molar-refractivity contribution < 1.29 is 4.74 Å². The average molecular weight is 407 g/mol. The van der Waals surface area contributed by atoms with E-state index in [1.807, 2.05) is 48.5 Å². The van der Waals surface area contributed by atoms with Gasteiger partial charge in [-0.3, -0.25) is 0 Å². The largest absolute Gasteiger partial charge is 0.439 e. The van der Waals surface area contributed by atoms with Crippen LogP contribution in [0, 0.1) is 0 Å². The summed E-state index contributed by atoms with van der Waals surface area (Å²) in [6, 6.07) is 34.7. The summed E-state index contributed by atoms with van der Waals surface area (Å²) >= 11 is 1.51. The number of ether oxygens (including phenoxy) is 1.